The maximum atomic E-state index is 12.7. The number of imide groups is 1. The lowest BCUT2D eigenvalue weighted by Crippen LogP contribution is -2.43. The maximum absolute atomic E-state index is 12.7. The molecule has 0 saturated carbocycles. The number of unbranched alkanes of at least 4 members (excludes halogenated alkanes) is 1. The third-order valence-electron chi connectivity index (χ3n) is 3.96. The minimum atomic E-state index is -1.03. The van der Waals surface area contributed by atoms with E-state index in [-0.39, 0.29) is 12.5 Å². The molecular formula is C16H19N3O3. The second-order valence-electron chi connectivity index (χ2n) is 5.14. The number of carbonyl (C=O) groups is 2. The highest BCUT2D eigenvalue weighted by Crippen LogP contribution is 2.33. The lowest BCUT2D eigenvalue weighted by atomic mass is 9.87. The highest BCUT2D eigenvalue weighted by Gasteiger charge is 2.50. The molecule has 0 spiro atoms. The second kappa shape index (κ2) is 6.48. The molecule has 1 aromatic rings. The van der Waals surface area contributed by atoms with Crippen LogP contribution in [0, 0.1) is 11.3 Å². The monoisotopic (exact) mass is 301 g/mol. The minimum Gasteiger partial charge on any atom is -0.497 e. The fourth-order valence-corrected chi connectivity index (χ4v) is 2.66. The second-order valence-corrected chi connectivity index (χ2v) is 5.14. The molecule has 1 atom stereocenters. The van der Waals surface area contributed by atoms with Crippen LogP contribution in [0.4, 0.5) is 4.79 Å². The van der Waals surface area contributed by atoms with Crippen molar-refractivity contribution in [1.29, 1.82) is 5.26 Å². The van der Waals surface area contributed by atoms with Crippen molar-refractivity contribution in [3.8, 4) is 11.8 Å². The van der Waals surface area contributed by atoms with Gasteiger partial charge in [0.25, 0.3) is 5.91 Å². The normalized spacial score (nSPS) is 20.7. The van der Waals surface area contributed by atoms with Crippen LogP contribution in [0.2, 0.25) is 0 Å². The Morgan fingerprint density at radius 3 is 2.55 bits per heavy atom. The van der Waals surface area contributed by atoms with Crippen LogP contribution in [-0.2, 0) is 10.3 Å². The average molecular weight is 301 g/mol. The number of nitriles is 1. The highest BCUT2D eigenvalue weighted by molar-refractivity contribution is 6.07. The molecule has 6 heteroatoms. The first-order valence-corrected chi connectivity index (χ1v) is 7.24. The summed E-state index contributed by atoms with van der Waals surface area (Å²) in [7, 11) is 1.57. The Labute approximate surface area is 129 Å². The summed E-state index contributed by atoms with van der Waals surface area (Å²) in [5.41, 5.74) is -0.298. The third kappa shape index (κ3) is 2.62. The van der Waals surface area contributed by atoms with Gasteiger partial charge >= 0.3 is 6.03 Å². The summed E-state index contributed by atoms with van der Waals surface area (Å²) in [4.78, 5) is 26.1. The van der Waals surface area contributed by atoms with Gasteiger partial charge < -0.3 is 10.1 Å². The summed E-state index contributed by atoms with van der Waals surface area (Å²) in [6.45, 7) is 2.12. The zero-order valence-corrected chi connectivity index (χ0v) is 12.8. The van der Waals surface area contributed by atoms with Crippen molar-refractivity contribution < 1.29 is 14.3 Å². The van der Waals surface area contributed by atoms with E-state index in [1.807, 2.05) is 13.0 Å². The predicted octanol–water partition coefficient (Wildman–Crippen LogP) is 2.16. The molecule has 1 saturated heterocycles. The lowest BCUT2D eigenvalue weighted by molar-refractivity contribution is -0.131. The predicted molar refractivity (Wildman–Crippen MR) is 80.1 cm³/mol. The number of hydrogen-bond acceptors (Lipinski definition) is 4. The van der Waals surface area contributed by atoms with Crippen molar-refractivity contribution >= 4 is 11.9 Å². The summed E-state index contributed by atoms with van der Waals surface area (Å²) in [5, 5.41) is 11.4. The van der Waals surface area contributed by atoms with Crippen LogP contribution >= 0.6 is 0 Å². The van der Waals surface area contributed by atoms with Gasteiger partial charge in [0.1, 0.15) is 11.3 Å². The molecular weight excluding hydrogens is 282 g/mol. The van der Waals surface area contributed by atoms with E-state index in [0.29, 0.717) is 25.0 Å². The molecule has 2 rings (SSSR count). The van der Waals surface area contributed by atoms with E-state index in [1.54, 1.807) is 31.4 Å². The Morgan fingerprint density at radius 2 is 2.00 bits per heavy atom. The molecule has 1 heterocycles. The molecule has 0 radical (unpaired) electrons. The zero-order valence-electron chi connectivity index (χ0n) is 12.8. The number of carbonyl (C=O) groups excluding carboxylic acids is 2. The van der Waals surface area contributed by atoms with E-state index in [2.05, 4.69) is 5.32 Å². The molecule has 0 bridgehead atoms. The molecule has 1 fully saturated rings. The van der Waals surface area contributed by atoms with E-state index >= 15 is 0 Å². The zero-order chi connectivity index (χ0) is 16.2. The van der Waals surface area contributed by atoms with Crippen molar-refractivity contribution in [2.75, 3.05) is 13.7 Å². The number of rotatable bonds is 6. The minimum absolute atomic E-state index is 0.260. The SMILES string of the molecule is CCC1(c2ccc(OC)cc2)NC(=O)N(CCCC#N)C1=O. The third-order valence-corrected chi connectivity index (χ3v) is 3.96. The molecule has 1 aliphatic heterocycles. The first-order valence-electron chi connectivity index (χ1n) is 7.24. The summed E-state index contributed by atoms with van der Waals surface area (Å²) in [6.07, 6.45) is 1.26. The van der Waals surface area contributed by atoms with Gasteiger partial charge in [-0.25, -0.2) is 4.79 Å². The number of ether oxygens (including phenoxy) is 1. The van der Waals surface area contributed by atoms with E-state index in [4.69, 9.17) is 10.00 Å². The topological polar surface area (TPSA) is 82.4 Å². The maximum Gasteiger partial charge on any atom is 0.325 e. The molecule has 3 amide bonds. The molecule has 1 unspecified atom stereocenters. The number of amides is 3. The van der Waals surface area contributed by atoms with Crippen LogP contribution in [0.25, 0.3) is 0 Å². The Kier molecular flexibility index (Phi) is 4.66. The van der Waals surface area contributed by atoms with Crippen LogP contribution in [0.5, 0.6) is 5.75 Å². The summed E-state index contributed by atoms with van der Waals surface area (Å²) in [6, 6.07) is 8.73. The average Bonchev–Trinajstić information content (AvgIpc) is 2.80. The fourth-order valence-electron chi connectivity index (χ4n) is 2.66. The summed E-state index contributed by atoms with van der Waals surface area (Å²) < 4.78 is 5.12. The summed E-state index contributed by atoms with van der Waals surface area (Å²) in [5.74, 6) is 0.431. The van der Waals surface area contributed by atoms with E-state index in [0.717, 1.165) is 5.56 Å². The largest absolute Gasteiger partial charge is 0.497 e. The van der Waals surface area contributed by atoms with Crippen molar-refractivity contribution in [2.24, 2.45) is 0 Å². The standard InChI is InChI=1S/C16H19N3O3/c1-3-16(12-6-8-13(22-2)9-7-12)14(20)19(15(21)18-16)11-5-4-10-17/h6-9H,3-5,11H2,1-2H3,(H,18,21). The molecule has 0 aliphatic carbocycles. The molecule has 1 aliphatic rings. The van der Waals surface area contributed by atoms with Gasteiger partial charge in [0.2, 0.25) is 0 Å². The number of benzene rings is 1. The first kappa shape index (κ1) is 15.8. The number of urea groups is 1. The molecule has 0 aromatic heterocycles. The van der Waals surface area contributed by atoms with Crippen molar-refractivity contribution in [1.82, 2.24) is 10.2 Å². The van der Waals surface area contributed by atoms with Gasteiger partial charge in [-0.05, 0) is 30.5 Å². The van der Waals surface area contributed by atoms with Gasteiger partial charge in [-0.15, -0.1) is 0 Å². The Hall–Kier alpha value is -2.55. The number of methoxy groups -OCH3 is 1. The van der Waals surface area contributed by atoms with E-state index in [1.165, 1.54) is 4.90 Å². The van der Waals surface area contributed by atoms with Gasteiger partial charge in [0, 0.05) is 13.0 Å². The van der Waals surface area contributed by atoms with Crippen molar-refractivity contribution in [2.45, 2.75) is 31.7 Å². The number of hydrogen-bond donors (Lipinski definition) is 1. The Balaban J connectivity index is 2.28. The fraction of sp³-hybridized carbons (Fsp3) is 0.438. The van der Waals surface area contributed by atoms with Crippen LogP contribution in [0.3, 0.4) is 0 Å². The van der Waals surface area contributed by atoms with Gasteiger partial charge in [0.15, 0.2) is 0 Å². The van der Waals surface area contributed by atoms with Crippen molar-refractivity contribution in [3.63, 3.8) is 0 Å². The number of nitrogens with one attached hydrogen (secondary N) is 1. The van der Waals surface area contributed by atoms with Crippen LogP contribution < -0.4 is 10.1 Å². The van der Waals surface area contributed by atoms with Crippen LogP contribution in [0.1, 0.15) is 31.7 Å². The van der Waals surface area contributed by atoms with E-state index in [9.17, 15) is 9.59 Å². The van der Waals surface area contributed by atoms with E-state index < -0.39 is 11.6 Å². The molecule has 22 heavy (non-hydrogen) atoms. The quantitative estimate of drug-likeness (QED) is 0.644. The van der Waals surface area contributed by atoms with Crippen LogP contribution in [-0.4, -0.2) is 30.5 Å². The molecule has 6 nitrogen and oxygen atoms in total. The highest BCUT2D eigenvalue weighted by atomic mass is 16.5. The van der Waals surface area contributed by atoms with Crippen molar-refractivity contribution in [3.05, 3.63) is 29.8 Å². The smallest absolute Gasteiger partial charge is 0.325 e. The van der Waals surface area contributed by atoms with Gasteiger partial charge in [-0.2, -0.15) is 5.26 Å². The first-order chi connectivity index (χ1) is 10.6. The van der Waals surface area contributed by atoms with Crippen LogP contribution in [0.15, 0.2) is 24.3 Å². The van der Waals surface area contributed by atoms with Gasteiger partial charge in [-0.1, -0.05) is 19.1 Å². The van der Waals surface area contributed by atoms with Gasteiger partial charge in [0.05, 0.1) is 13.2 Å². The molecule has 1 aromatic carbocycles. The molecule has 116 valence electrons. The Morgan fingerprint density at radius 1 is 1.32 bits per heavy atom. The van der Waals surface area contributed by atoms with Gasteiger partial charge in [-0.3, -0.25) is 9.69 Å². The Bertz CT molecular complexity index is 606. The molecule has 1 N–H and O–H groups in total. The number of nitrogens with zero attached hydrogens (tertiary/aromatic N) is 2. The lowest BCUT2D eigenvalue weighted by Gasteiger charge is -2.26. The summed E-state index contributed by atoms with van der Waals surface area (Å²) >= 11 is 0.